The predicted octanol–water partition coefficient (Wildman–Crippen LogP) is 2.73. The lowest BCUT2D eigenvalue weighted by Gasteiger charge is -2.17. The first-order valence-electron chi connectivity index (χ1n) is 7.19. The minimum Gasteiger partial charge on any atom is -0.309 e. The molecule has 1 unspecified atom stereocenters. The highest BCUT2D eigenvalue weighted by molar-refractivity contribution is 5.75. The lowest BCUT2D eigenvalue weighted by atomic mass is 9.97. The molecule has 2 aromatic carbocycles. The van der Waals surface area contributed by atoms with E-state index < -0.39 is 0 Å². The number of nitrogens with one attached hydrogen (secondary N) is 3. The smallest absolute Gasteiger partial charge is 0.309 e. The van der Waals surface area contributed by atoms with Gasteiger partial charge in [-0.05, 0) is 42.3 Å². The molecule has 1 atom stereocenters. The van der Waals surface area contributed by atoms with Crippen LogP contribution in [0.5, 0.6) is 0 Å². The SMILES string of the molecule is CCc1ccc(C(NC)c2ccc3[nH]c(=O)[nH]c3c2)cc1. The summed E-state index contributed by atoms with van der Waals surface area (Å²) in [7, 11) is 1.95. The van der Waals surface area contributed by atoms with E-state index in [0.717, 1.165) is 23.0 Å². The molecule has 1 heterocycles. The van der Waals surface area contributed by atoms with Gasteiger partial charge in [0.2, 0.25) is 0 Å². The van der Waals surface area contributed by atoms with Gasteiger partial charge in [-0.3, -0.25) is 0 Å². The zero-order valence-electron chi connectivity index (χ0n) is 12.2. The summed E-state index contributed by atoms with van der Waals surface area (Å²) in [5, 5.41) is 3.34. The summed E-state index contributed by atoms with van der Waals surface area (Å²) in [5.74, 6) is 0. The molecule has 0 aliphatic rings. The summed E-state index contributed by atoms with van der Waals surface area (Å²) in [4.78, 5) is 16.9. The fourth-order valence-electron chi connectivity index (χ4n) is 2.70. The molecule has 0 amide bonds. The number of rotatable bonds is 4. The molecule has 4 nitrogen and oxygen atoms in total. The first kappa shape index (κ1) is 13.6. The van der Waals surface area contributed by atoms with Gasteiger partial charge in [0.05, 0.1) is 17.1 Å². The number of imidazole rings is 1. The fourth-order valence-corrected chi connectivity index (χ4v) is 2.70. The highest BCUT2D eigenvalue weighted by Crippen LogP contribution is 2.24. The van der Waals surface area contributed by atoms with E-state index in [1.54, 1.807) is 0 Å². The van der Waals surface area contributed by atoms with Gasteiger partial charge < -0.3 is 15.3 Å². The summed E-state index contributed by atoms with van der Waals surface area (Å²) < 4.78 is 0. The van der Waals surface area contributed by atoms with Crippen LogP contribution in [0.4, 0.5) is 0 Å². The largest absolute Gasteiger partial charge is 0.323 e. The molecule has 0 spiro atoms. The van der Waals surface area contributed by atoms with E-state index in [2.05, 4.69) is 46.5 Å². The van der Waals surface area contributed by atoms with Crippen LogP contribution in [0.1, 0.15) is 29.7 Å². The molecule has 3 rings (SSSR count). The lowest BCUT2D eigenvalue weighted by molar-refractivity contribution is 0.692. The molecule has 3 N–H and O–H groups in total. The maximum absolute atomic E-state index is 11.4. The van der Waals surface area contributed by atoms with E-state index in [9.17, 15) is 4.79 Å². The van der Waals surface area contributed by atoms with Crippen molar-refractivity contribution in [1.29, 1.82) is 0 Å². The Bertz CT molecular complexity index is 799. The van der Waals surface area contributed by atoms with Crippen LogP contribution in [-0.4, -0.2) is 17.0 Å². The molecule has 0 saturated heterocycles. The van der Waals surface area contributed by atoms with Crippen molar-refractivity contribution in [3.8, 4) is 0 Å². The Morgan fingerprint density at radius 3 is 2.33 bits per heavy atom. The predicted molar refractivity (Wildman–Crippen MR) is 85.6 cm³/mol. The van der Waals surface area contributed by atoms with Gasteiger partial charge in [0, 0.05) is 0 Å². The van der Waals surface area contributed by atoms with Crippen LogP contribution in [0.2, 0.25) is 0 Å². The van der Waals surface area contributed by atoms with E-state index in [1.165, 1.54) is 11.1 Å². The standard InChI is InChI=1S/C17H19N3O/c1-3-11-4-6-12(7-5-11)16(18-2)13-8-9-14-15(10-13)20-17(21)19-14/h4-10,16,18H,3H2,1-2H3,(H2,19,20,21). The minimum absolute atomic E-state index is 0.110. The molecule has 3 aromatic rings. The van der Waals surface area contributed by atoms with Gasteiger partial charge in [-0.1, -0.05) is 37.3 Å². The normalized spacial score (nSPS) is 12.7. The molecule has 108 valence electrons. The summed E-state index contributed by atoms with van der Waals surface area (Å²) in [6.45, 7) is 2.15. The average molecular weight is 281 g/mol. The molecule has 0 saturated carbocycles. The summed E-state index contributed by atoms with van der Waals surface area (Å²) >= 11 is 0. The molecule has 0 aliphatic carbocycles. The van der Waals surface area contributed by atoms with Crippen molar-refractivity contribution < 1.29 is 0 Å². The van der Waals surface area contributed by atoms with Gasteiger partial charge in [-0.15, -0.1) is 0 Å². The van der Waals surface area contributed by atoms with E-state index >= 15 is 0 Å². The van der Waals surface area contributed by atoms with Crippen LogP contribution in [0.25, 0.3) is 11.0 Å². The number of fused-ring (bicyclic) bond motifs is 1. The number of benzene rings is 2. The number of hydrogen-bond donors (Lipinski definition) is 3. The molecule has 0 radical (unpaired) electrons. The monoisotopic (exact) mass is 281 g/mol. The van der Waals surface area contributed by atoms with Crippen molar-refractivity contribution in [2.24, 2.45) is 0 Å². The van der Waals surface area contributed by atoms with Crippen LogP contribution < -0.4 is 11.0 Å². The topological polar surface area (TPSA) is 60.7 Å². The molecular weight excluding hydrogens is 262 g/mol. The molecule has 1 aromatic heterocycles. The Morgan fingerprint density at radius 2 is 1.67 bits per heavy atom. The van der Waals surface area contributed by atoms with Crippen LogP contribution in [0.15, 0.2) is 47.3 Å². The van der Waals surface area contributed by atoms with Gasteiger partial charge in [-0.2, -0.15) is 0 Å². The molecular formula is C17H19N3O. The average Bonchev–Trinajstić information content (AvgIpc) is 2.88. The first-order valence-corrected chi connectivity index (χ1v) is 7.19. The Balaban J connectivity index is 2.01. The van der Waals surface area contributed by atoms with Crippen LogP contribution in [0, 0.1) is 0 Å². The second-order valence-corrected chi connectivity index (χ2v) is 5.20. The van der Waals surface area contributed by atoms with Crippen LogP contribution in [-0.2, 0) is 6.42 Å². The second-order valence-electron chi connectivity index (χ2n) is 5.20. The van der Waals surface area contributed by atoms with Crippen molar-refractivity contribution in [1.82, 2.24) is 15.3 Å². The van der Waals surface area contributed by atoms with Gasteiger partial charge in [0.1, 0.15) is 0 Å². The zero-order valence-corrected chi connectivity index (χ0v) is 12.2. The number of aromatic nitrogens is 2. The zero-order chi connectivity index (χ0) is 14.8. The van der Waals surface area contributed by atoms with Gasteiger partial charge >= 0.3 is 5.69 Å². The van der Waals surface area contributed by atoms with E-state index in [4.69, 9.17) is 0 Å². The number of H-pyrrole nitrogens is 2. The number of hydrogen-bond acceptors (Lipinski definition) is 2. The third-order valence-corrected chi connectivity index (χ3v) is 3.88. The van der Waals surface area contributed by atoms with Crippen LogP contribution in [0.3, 0.4) is 0 Å². The second kappa shape index (κ2) is 5.58. The highest BCUT2D eigenvalue weighted by Gasteiger charge is 2.13. The van der Waals surface area contributed by atoms with Gasteiger partial charge in [0.25, 0.3) is 0 Å². The van der Waals surface area contributed by atoms with Crippen molar-refractivity contribution in [2.75, 3.05) is 7.05 Å². The fraction of sp³-hybridized carbons (Fsp3) is 0.235. The van der Waals surface area contributed by atoms with E-state index in [0.29, 0.717) is 0 Å². The lowest BCUT2D eigenvalue weighted by Crippen LogP contribution is -2.17. The third kappa shape index (κ3) is 2.62. The Morgan fingerprint density at radius 1 is 1.00 bits per heavy atom. The number of aryl methyl sites for hydroxylation is 1. The summed E-state index contributed by atoms with van der Waals surface area (Å²) in [6.07, 6.45) is 1.04. The van der Waals surface area contributed by atoms with E-state index in [1.807, 2.05) is 25.2 Å². The van der Waals surface area contributed by atoms with Crippen molar-refractivity contribution in [3.63, 3.8) is 0 Å². The molecule has 21 heavy (non-hydrogen) atoms. The molecule has 0 bridgehead atoms. The van der Waals surface area contributed by atoms with Crippen LogP contribution >= 0.6 is 0 Å². The summed E-state index contributed by atoms with van der Waals surface area (Å²) in [6, 6.07) is 14.7. The minimum atomic E-state index is -0.171. The molecule has 4 heteroatoms. The quantitative estimate of drug-likeness (QED) is 0.688. The Kier molecular flexibility index (Phi) is 3.62. The maximum Gasteiger partial charge on any atom is 0.323 e. The number of aromatic amines is 2. The van der Waals surface area contributed by atoms with E-state index in [-0.39, 0.29) is 11.7 Å². The van der Waals surface area contributed by atoms with Crippen molar-refractivity contribution >= 4 is 11.0 Å². The summed E-state index contributed by atoms with van der Waals surface area (Å²) in [5.41, 5.74) is 5.17. The van der Waals surface area contributed by atoms with Crippen molar-refractivity contribution in [2.45, 2.75) is 19.4 Å². The first-order chi connectivity index (χ1) is 10.2. The van der Waals surface area contributed by atoms with Gasteiger partial charge in [0.15, 0.2) is 0 Å². The highest BCUT2D eigenvalue weighted by atomic mass is 16.1. The Labute approximate surface area is 123 Å². The third-order valence-electron chi connectivity index (χ3n) is 3.88. The van der Waals surface area contributed by atoms with Gasteiger partial charge in [-0.25, -0.2) is 4.79 Å². The maximum atomic E-state index is 11.4. The molecule has 0 aliphatic heterocycles. The molecule has 0 fully saturated rings. The van der Waals surface area contributed by atoms with Crippen molar-refractivity contribution in [3.05, 3.63) is 69.6 Å². The Hall–Kier alpha value is -2.33.